The Morgan fingerprint density at radius 2 is 1.21 bits per heavy atom. The number of thiazole rings is 2. The fourth-order valence-electron chi connectivity index (χ4n) is 4.84. The van der Waals surface area contributed by atoms with Gasteiger partial charge in [-0.15, -0.1) is 27.8 Å². The molecule has 26 heteroatoms. The molecule has 4 aromatic carbocycles. The molecule has 0 radical (unpaired) electrons. The Kier molecular flexibility index (Phi) is 12.4. The van der Waals surface area contributed by atoms with Gasteiger partial charge in [-0.05, 0) is 89.1 Å². The zero-order valence-corrected chi connectivity index (χ0v) is 35.4. The molecule has 3 aromatic heterocycles. The van der Waals surface area contributed by atoms with E-state index in [4.69, 9.17) is 11.6 Å². The Morgan fingerprint density at radius 1 is 0.684 bits per heavy atom. The van der Waals surface area contributed by atoms with Crippen molar-refractivity contribution in [3.8, 4) is 5.75 Å². The maximum absolute atomic E-state index is 13.5. The smallest absolute Gasteiger partial charge is 0.871 e. The summed E-state index contributed by atoms with van der Waals surface area (Å²) < 4.78 is 90.2. The number of nitrogens with one attached hydrogen (secondary N) is 4. The molecule has 0 spiro atoms. The maximum Gasteiger partial charge on any atom is 1.00 e. The summed E-state index contributed by atoms with van der Waals surface area (Å²) in [6, 6.07) is 16.0. The van der Waals surface area contributed by atoms with Gasteiger partial charge in [-0.3, -0.25) is 14.0 Å². The third-order valence-electron chi connectivity index (χ3n) is 7.31. The molecule has 0 saturated heterocycles. The largest absolute Gasteiger partial charge is 1.00 e. The summed E-state index contributed by atoms with van der Waals surface area (Å²) in [7, 11) is -12.8. The van der Waals surface area contributed by atoms with E-state index in [0.717, 1.165) is 28.7 Å². The third kappa shape index (κ3) is 9.98. The molecule has 19 nitrogen and oxygen atoms in total. The summed E-state index contributed by atoms with van der Waals surface area (Å²) >= 11 is 8.37. The quantitative estimate of drug-likeness (QED) is 0.0630. The monoisotopic (exact) mass is 893 g/mol. The second kappa shape index (κ2) is 16.9. The number of sulfonamides is 2. The van der Waals surface area contributed by atoms with Gasteiger partial charge in [0.25, 0.3) is 30.2 Å². The van der Waals surface area contributed by atoms with Gasteiger partial charge in [0.15, 0.2) is 10.3 Å². The van der Waals surface area contributed by atoms with E-state index in [0.29, 0.717) is 5.69 Å². The second-order valence-electron chi connectivity index (χ2n) is 11.1. The summed E-state index contributed by atoms with van der Waals surface area (Å²) in [4.78, 5) is 19.2. The van der Waals surface area contributed by atoms with Crippen LogP contribution in [0.4, 0.5) is 44.9 Å². The molecule has 0 fully saturated rings. The van der Waals surface area contributed by atoms with E-state index < -0.39 is 46.5 Å². The van der Waals surface area contributed by atoms with Crippen LogP contribution in [-0.2, 0) is 30.2 Å². The molecule has 7 aromatic rings. The molecule has 0 saturated carbocycles. The van der Waals surface area contributed by atoms with Crippen molar-refractivity contribution in [3.63, 3.8) is 0 Å². The van der Waals surface area contributed by atoms with Crippen LogP contribution in [-0.4, -0.2) is 54.7 Å². The fourth-order valence-corrected chi connectivity index (χ4v) is 9.23. The van der Waals surface area contributed by atoms with Crippen LogP contribution in [0.1, 0.15) is 0 Å². The Balaban J connectivity index is 0.00000549. The van der Waals surface area contributed by atoms with Gasteiger partial charge in [-0.25, -0.2) is 26.8 Å². The van der Waals surface area contributed by atoms with Crippen molar-refractivity contribution >= 4 is 120 Å². The fraction of sp³-hybridized carbons (Fsp3) is 0. The number of azo groups is 1. The van der Waals surface area contributed by atoms with Crippen molar-refractivity contribution in [1.82, 2.24) is 24.9 Å². The van der Waals surface area contributed by atoms with Crippen molar-refractivity contribution in [3.05, 3.63) is 101 Å². The Bertz CT molecular complexity index is 2950. The first-order valence-corrected chi connectivity index (χ1v) is 21.8. The number of fused-ring (bicyclic) bond motifs is 1. The van der Waals surface area contributed by atoms with Gasteiger partial charge >= 0.3 is 29.6 Å². The second-order valence-corrected chi connectivity index (χ2v) is 18.0. The van der Waals surface area contributed by atoms with E-state index in [1.54, 1.807) is 10.8 Å². The minimum atomic E-state index is -5.00. The molecule has 0 aliphatic carbocycles. The average molecular weight is 894 g/mol. The number of benzene rings is 4. The van der Waals surface area contributed by atoms with Crippen LogP contribution in [0.2, 0.25) is 5.28 Å². The molecule has 0 atom stereocenters. The maximum atomic E-state index is 13.5. The number of nitrogens with zero attached hydrogens (tertiary/aromatic N) is 7. The van der Waals surface area contributed by atoms with Gasteiger partial charge in [0.2, 0.25) is 17.2 Å². The Hall–Kier alpha value is -4.89. The standard InChI is InChI=1S/C31H22ClN11O8S5.Na/c32-27-37-28(35-18-1-6-21(7-2-18)54(45,46)42-30-33-11-13-52-30)39-29(38-27)36-20-5-10-23-17(15-20)16-24(56(49,50)51)25(26(23)44)41-40-19-3-8-22(9-4-19)55(47,48)43-31-34-12-14-53-31;/h1-16,44H,(H,33,42)(H,34,43)(H,49,50,51)(H2,35,36,37,38,39);/q;+1/p-1. The molecular weight excluding hydrogens is 873 g/mol. The topological polar surface area (TPSA) is 283 Å². The molecular formula is C31H21ClN11NaO8S5. The molecule has 7 rings (SSSR count). The van der Waals surface area contributed by atoms with Crippen LogP contribution < -0.4 is 54.7 Å². The summed E-state index contributed by atoms with van der Waals surface area (Å²) in [6.07, 6.45) is 2.91. The van der Waals surface area contributed by atoms with Gasteiger partial charge in [-0.2, -0.15) is 28.5 Å². The Morgan fingerprint density at radius 3 is 1.74 bits per heavy atom. The van der Waals surface area contributed by atoms with Crippen LogP contribution in [0.15, 0.2) is 121 Å². The van der Waals surface area contributed by atoms with E-state index in [-0.39, 0.29) is 88.9 Å². The van der Waals surface area contributed by atoms with Crippen LogP contribution in [0.25, 0.3) is 10.8 Å². The first-order chi connectivity index (χ1) is 26.6. The number of rotatable bonds is 13. The molecule has 0 bridgehead atoms. The van der Waals surface area contributed by atoms with E-state index in [9.17, 15) is 34.9 Å². The SMILES string of the molecule is O=S(=O)(O)c1cc2cc(Nc3nc(Cl)nc(Nc4ccc(S(=O)(=O)Nc5nccs5)cc4)n3)ccc2c([O-])c1N=Nc1ccc(S(=O)(=O)Nc2nccs2)cc1.[Na+]. The van der Waals surface area contributed by atoms with Crippen molar-refractivity contribution in [1.29, 1.82) is 0 Å². The van der Waals surface area contributed by atoms with Gasteiger partial charge in [-0.1, -0.05) is 11.8 Å². The summed E-state index contributed by atoms with van der Waals surface area (Å²) in [5.74, 6) is -0.942. The van der Waals surface area contributed by atoms with E-state index in [1.165, 1.54) is 79.1 Å². The summed E-state index contributed by atoms with van der Waals surface area (Å²) in [6.45, 7) is 0. The normalized spacial score (nSPS) is 12.0. The molecule has 57 heavy (non-hydrogen) atoms. The van der Waals surface area contributed by atoms with Crippen LogP contribution in [0.3, 0.4) is 0 Å². The van der Waals surface area contributed by atoms with Crippen molar-refractivity contribution in [2.45, 2.75) is 14.7 Å². The molecule has 0 aliphatic rings. The number of anilines is 6. The van der Waals surface area contributed by atoms with Crippen molar-refractivity contribution in [2.75, 3.05) is 20.1 Å². The molecule has 0 amide bonds. The molecule has 286 valence electrons. The van der Waals surface area contributed by atoms with Gasteiger partial charge in [0.05, 0.1) is 21.2 Å². The zero-order chi connectivity index (χ0) is 39.7. The van der Waals surface area contributed by atoms with Gasteiger partial charge < -0.3 is 15.7 Å². The molecule has 0 aliphatic heterocycles. The first kappa shape index (κ1) is 41.7. The Labute approximate surface area is 358 Å². The molecule has 0 unspecified atom stereocenters. The number of aromatic nitrogens is 5. The molecule has 5 N–H and O–H groups in total. The van der Waals surface area contributed by atoms with E-state index >= 15 is 0 Å². The van der Waals surface area contributed by atoms with Gasteiger partial charge in [0.1, 0.15) is 4.90 Å². The predicted octanol–water partition coefficient (Wildman–Crippen LogP) is 3.42. The molecule has 3 heterocycles. The number of hydrogen-bond acceptors (Lipinski definition) is 18. The van der Waals surface area contributed by atoms with Gasteiger partial charge in [0, 0.05) is 34.5 Å². The average Bonchev–Trinajstić information content (AvgIpc) is 3.85. The minimum Gasteiger partial charge on any atom is -0.871 e. The summed E-state index contributed by atoms with van der Waals surface area (Å²) in [5, 5.41) is 30.5. The zero-order valence-electron chi connectivity index (χ0n) is 28.6. The van der Waals surface area contributed by atoms with E-state index in [1.807, 2.05) is 0 Å². The van der Waals surface area contributed by atoms with Crippen LogP contribution in [0.5, 0.6) is 5.75 Å². The predicted molar refractivity (Wildman–Crippen MR) is 208 cm³/mol. The van der Waals surface area contributed by atoms with Crippen LogP contribution >= 0.6 is 34.3 Å². The summed E-state index contributed by atoms with van der Waals surface area (Å²) in [5.41, 5.74) is 0.0931. The van der Waals surface area contributed by atoms with Crippen molar-refractivity contribution < 1.29 is 64.5 Å². The number of halogens is 1. The number of hydrogen-bond donors (Lipinski definition) is 5. The van der Waals surface area contributed by atoms with E-state index in [2.05, 4.69) is 55.2 Å². The first-order valence-electron chi connectivity index (χ1n) is 15.3. The minimum absolute atomic E-state index is 0. The van der Waals surface area contributed by atoms with Crippen molar-refractivity contribution in [2.24, 2.45) is 10.2 Å². The third-order valence-corrected chi connectivity index (χ3v) is 12.7. The van der Waals surface area contributed by atoms with Crippen LogP contribution in [0, 0.1) is 0 Å².